The van der Waals surface area contributed by atoms with Gasteiger partial charge in [0.1, 0.15) is 28.2 Å². The summed E-state index contributed by atoms with van der Waals surface area (Å²) in [6.07, 6.45) is -2.24. The maximum atomic E-state index is 12.4. The maximum absolute atomic E-state index is 12.4. The molecular formula is C35H53BrMgN4O9. The predicted octanol–water partition coefficient (Wildman–Crippen LogP) is 5.65. The molecule has 0 fully saturated rings. The van der Waals surface area contributed by atoms with Gasteiger partial charge in [-0.05, 0) is 114 Å². The molecule has 0 bridgehead atoms. The van der Waals surface area contributed by atoms with Gasteiger partial charge in [-0.15, -0.1) is 17.2 Å². The van der Waals surface area contributed by atoms with E-state index in [4.69, 9.17) is 28.4 Å². The van der Waals surface area contributed by atoms with Crippen LogP contribution in [0.2, 0.25) is 0 Å². The fourth-order valence-corrected chi connectivity index (χ4v) is 2.91. The summed E-state index contributed by atoms with van der Waals surface area (Å²) in [7, 11) is 3.19. The number of hydrogen-bond donors (Lipinski definition) is 1. The van der Waals surface area contributed by atoms with Gasteiger partial charge < -0.3 is 45.4 Å². The van der Waals surface area contributed by atoms with E-state index in [1.165, 1.54) is 0 Å². The number of nitrogens with one attached hydrogen (secondary N) is 1. The maximum Gasteiger partial charge on any atom is 2.00 e. The van der Waals surface area contributed by atoms with E-state index in [1.54, 1.807) is 101 Å². The number of hydrogen-bond acceptors (Lipinski definition) is 10. The van der Waals surface area contributed by atoms with Crippen LogP contribution >= 0.6 is 0 Å². The molecule has 1 N–H and O–H groups in total. The number of amides is 3. The smallest absolute Gasteiger partial charge is 1.00 e. The summed E-state index contributed by atoms with van der Waals surface area (Å²) in [4.78, 5) is 35.6. The molecule has 15 heteroatoms. The Labute approximate surface area is 324 Å². The first-order chi connectivity index (χ1) is 21.8. The molecule has 0 aliphatic heterocycles. The quantitative estimate of drug-likeness (QED) is 0.102. The van der Waals surface area contributed by atoms with Crippen molar-refractivity contribution in [1.82, 2.24) is 5.43 Å². The van der Waals surface area contributed by atoms with Crippen molar-refractivity contribution in [3.05, 3.63) is 67.1 Å². The summed E-state index contributed by atoms with van der Waals surface area (Å²) in [5, 5.41) is 7.86. The Morgan fingerprint density at radius 2 is 1.08 bits per heavy atom. The fourth-order valence-electron chi connectivity index (χ4n) is 2.91. The average molecular weight is 778 g/mol. The molecule has 2 aromatic carbocycles. The van der Waals surface area contributed by atoms with Crippen molar-refractivity contribution < 1.29 is 59.8 Å². The zero-order valence-electron chi connectivity index (χ0n) is 31.9. The van der Waals surface area contributed by atoms with Crippen LogP contribution in [0.1, 0.15) is 83.1 Å². The Bertz CT molecular complexity index is 1300. The van der Waals surface area contributed by atoms with Crippen LogP contribution < -0.4 is 36.9 Å². The van der Waals surface area contributed by atoms with E-state index < -0.39 is 40.7 Å². The third-order valence-corrected chi connectivity index (χ3v) is 4.49. The van der Waals surface area contributed by atoms with E-state index in [0.29, 0.717) is 11.4 Å². The van der Waals surface area contributed by atoms with Crippen LogP contribution in [-0.4, -0.2) is 78.0 Å². The van der Waals surface area contributed by atoms with Crippen LogP contribution in [0, 0.1) is 6.07 Å². The normalized spacial score (nSPS) is 10.9. The van der Waals surface area contributed by atoms with E-state index >= 15 is 0 Å². The molecule has 0 spiro atoms. The number of methoxy groups -OCH3 is 2. The second-order valence-electron chi connectivity index (χ2n) is 13.9. The van der Waals surface area contributed by atoms with Crippen molar-refractivity contribution in [1.29, 1.82) is 0 Å². The standard InChI is InChI=1S/C17H26N2O5.C11H20N2O3.C7H7O.BrH.Mg/c1-16(2,3)23-14(20)18-19(15(21)24-17(4,5)6)12-8-10-13(22-7)11-9-12;1-8(15-10(2,3)4)12-13-9(14)16-11(5,6)7;1-8-7-5-3-2-4-6-7;;/h8-11H,1-7H3,(H,18,20);1H2,2-7H3;3-6H,1H3;1H;/q;;-1;;+2/p-1. The van der Waals surface area contributed by atoms with Crippen LogP contribution in [0.15, 0.2) is 71.2 Å². The predicted molar refractivity (Wildman–Crippen MR) is 190 cm³/mol. The van der Waals surface area contributed by atoms with Crippen molar-refractivity contribution in [3.8, 4) is 11.5 Å². The first-order valence-electron chi connectivity index (χ1n) is 15.0. The number of carbonyl (C=O) groups excluding carboxylic acids is 3. The van der Waals surface area contributed by atoms with Crippen molar-refractivity contribution in [2.24, 2.45) is 10.2 Å². The monoisotopic (exact) mass is 776 g/mol. The van der Waals surface area contributed by atoms with Gasteiger partial charge in [-0.25, -0.2) is 19.8 Å². The van der Waals surface area contributed by atoms with E-state index in [-0.39, 0.29) is 45.9 Å². The molecule has 0 aromatic heterocycles. The van der Waals surface area contributed by atoms with E-state index in [9.17, 15) is 14.4 Å². The Hall–Kier alpha value is -3.56. The molecule has 276 valence electrons. The number of halogens is 1. The average Bonchev–Trinajstić information content (AvgIpc) is 2.92. The molecule has 2 aromatic rings. The van der Waals surface area contributed by atoms with Gasteiger partial charge in [-0.1, -0.05) is 5.11 Å². The van der Waals surface area contributed by atoms with Crippen molar-refractivity contribution >= 4 is 47.0 Å². The van der Waals surface area contributed by atoms with Gasteiger partial charge in [0.2, 0.25) is 5.88 Å². The van der Waals surface area contributed by atoms with Crippen molar-refractivity contribution in [2.45, 2.75) is 105 Å². The molecule has 0 unspecified atom stereocenters. The van der Waals surface area contributed by atoms with Crippen LogP contribution in [-0.2, 0) is 18.9 Å². The fraction of sp³-hybridized carbons (Fsp3) is 0.514. The second-order valence-corrected chi connectivity index (χ2v) is 13.9. The number of anilines is 1. The van der Waals surface area contributed by atoms with Gasteiger partial charge in [0.15, 0.2) is 0 Å². The van der Waals surface area contributed by atoms with Gasteiger partial charge in [0, 0.05) is 5.75 Å². The van der Waals surface area contributed by atoms with Crippen LogP contribution in [0.5, 0.6) is 11.5 Å². The number of rotatable bonds is 5. The van der Waals surface area contributed by atoms with Crippen LogP contribution in [0.3, 0.4) is 0 Å². The SMILES string of the molecule is C=C(N=NC(=O)OC(C)(C)C)OC(C)(C)C.COc1cc[c-]cc1.COc1ccc(N(NC(=O)OC(C)(C)C)C(=O)OC(C)(C)C)cc1.[Br-].[Mg+2]. The number of hydrazine groups is 1. The number of nitrogens with zero attached hydrogens (tertiary/aromatic N) is 3. The number of ether oxygens (including phenoxy) is 6. The van der Waals surface area contributed by atoms with Gasteiger partial charge in [0.05, 0.1) is 19.9 Å². The largest absolute Gasteiger partial charge is 2.00 e. The summed E-state index contributed by atoms with van der Waals surface area (Å²) < 4.78 is 30.7. The Balaban J connectivity index is -0.000000731. The molecule has 2 rings (SSSR count). The zero-order chi connectivity index (χ0) is 37.3. The number of carbonyl (C=O) groups is 3. The van der Waals surface area contributed by atoms with Gasteiger partial charge in [-0.2, -0.15) is 23.2 Å². The van der Waals surface area contributed by atoms with Gasteiger partial charge >= 0.3 is 41.3 Å². The van der Waals surface area contributed by atoms with Crippen molar-refractivity contribution in [3.63, 3.8) is 0 Å². The van der Waals surface area contributed by atoms with E-state index in [1.807, 2.05) is 45.0 Å². The molecule has 0 saturated carbocycles. The summed E-state index contributed by atoms with van der Waals surface area (Å²) in [5.74, 6) is 1.59. The molecule has 0 radical (unpaired) electrons. The Morgan fingerprint density at radius 1 is 0.660 bits per heavy atom. The molecule has 13 nitrogen and oxygen atoms in total. The molecule has 50 heavy (non-hydrogen) atoms. The third kappa shape index (κ3) is 27.3. The van der Waals surface area contributed by atoms with Gasteiger partial charge in [0.25, 0.3) is 0 Å². The minimum Gasteiger partial charge on any atom is -1.00 e. The summed E-state index contributed by atoms with van der Waals surface area (Å²) in [6, 6.07) is 16.8. The van der Waals surface area contributed by atoms with E-state index in [2.05, 4.69) is 28.3 Å². The summed E-state index contributed by atoms with van der Waals surface area (Å²) >= 11 is 0. The molecule has 3 amide bonds. The van der Waals surface area contributed by atoms with Crippen LogP contribution in [0.4, 0.5) is 20.1 Å². The number of azo groups is 1. The third-order valence-electron chi connectivity index (χ3n) is 4.49. The molecule has 0 atom stereocenters. The molecule has 0 aliphatic rings. The molecule has 0 heterocycles. The van der Waals surface area contributed by atoms with Gasteiger partial charge in [-0.3, -0.25) is 0 Å². The van der Waals surface area contributed by atoms with Crippen molar-refractivity contribution in [2.75, 3.05) is 19.2 Å². The Kier molecular flexibility index (Phi) is 23.4. The molecule has 0 aliphatic carbocycles. The minimum absolute atomic E-state index is 0. The minimum atomic E-state index is -0.760. The van der Waals surface area contributed by atoms with E-state index in [0.717, 1.165) is 10.8 Å². The topological polar surface area (TPSA) is 147 Å². The molecule has 0 saturated heterocycles. The van der Waals surface area contributed by atoms with Crippen LogP contribution in [0.25, 0.3) is 0 Å². The summed E-state index contributed by atoms with van der Waals surface area (Å²) in [5.41, 5.74) is 0.424. The Morgan fingerprint density at radius 3 is 1.46 bits per heavy atom. The number of benzene rings is 2. The first-order valence-corrected chi connectivity index (χ1v) is 15.0. The molecular weight excluding hydrogens is 725 g/mol. The second kappa shape index (κ2) is 23.0. The first kappa shape index (κ1) is 50.8. The zero-order valence-corrected chi connectivity index (χ0v) is 34.9. The summed E-state index contributed by atoms with van der Waals surface area (Å²) in [6.45, 7) is 24.7.